The summed E-state index contributed by atoms with van der Waals surface area (Å²) in [5.41, 5.74) is 1.06. The molecule has 0 saturated heterocycles. The number of hydrogen-bond donors (Lipinski definition) is 1. The molecule has 0 spiro atoms. The molecule has 13 nitrogen and oxygen atoms in total. The minimum atomic E-state index is -1.41. The predicted octanol–water partition coefficient (Wildman–Crippen LogP) is 3.31. The predicted molar refractivity (Wildman–Crippen MR) is 173 cm³/mol. The zero-order valence-corrected chi connectivity index (χ0v) is 27.4. The molecule has 0 radical (unpaired) electrons. The Morgan fingerprint density at radius 1 is 1.10 bits per heavy atom. The first kappa shape index (κ1) is 33.5. The van der Waals surface area contributed by atoms with Crippen LogP contribution in [0.3, 0.4) is 0 Å². The van der Waals surface area contributed by atoms with E-state index in [1.165, 1.54) is 41.8 Å². The van der Waals surface area contributed by atoms with E-state index in [2.05, 4.69) is 5.32 Å². The summed E-state index contributed by atoms with van der Waals surface area (Å²) in [6, 6.07) is 18.2. The van der Waals surface area contributed by atoms with Crippen LogP contribution in [-0.2, 0) is 20.9 Å². The van der Waals surface area contributed by atoms with Crippen LogP contribution < -0.4 is 20.1 Å². The zero-order valence-electron chi connectivity index (χ0n) is 27.4. The monoisotopic (exact) mass is 651 g/mol. The Morgan fingerprint density at radius 3 is 2.48 bits per heavy atom. The van der Waals surface area contributed by atoms with Gasteiger partial charge in [0.1, 0.15) is 35.6 Å². The number of nitrogens with one attached hydrogen (secondary N) is 1. The van der Waals surface area contributed by atoms with Crippen LogP contribution in [0.15, 0.2) is 66.7 Å². The largest absolute Gasteiger partial charge is 0.545 e. The molecule has 0 aliphatic carbocycles. The molecule has 48 heavy (non-hydrogen) atoms. The molecule has 1 aliphatic rings. The number of nitriles is 1. The lowest BCUT2D eigenvalue weighted by atomic mass is 10.1. The first-order valence-electron chi connectivity index (χ1n) is 15.3. The summed E-state index contributed by atoms with van der Waals surface area (Å²) in [5.74, 6) is -2.04. The van der Waals surface area contributed by atoms with Crippen LogP contribution >= 0.6 is 0 Å². The highest BCUT2D eigenvalue weighted by Gasteiger charge is 2.39. The van der Waals surface area contributed by atoms with E-state index in [0.717, 1.165) is 4.90 Å². The molecule has 0 saturated carbocycles. The average Bonchev–Trinajstić information content (AvgIpc) is 3.37. The zero-order chi connectivity index (χ0) is 34.9. The van der Waals surface area contributed by atoms with Crippen molar-refractivity contribution < 1.29 is 33.8 Å². The van der Waals surface area contributed by atoms with Crippen molar-refractivity contribution in [1.29, 1.82) is 5.26 Å². The molecule has 248 valence electrons. The molecule has 0 unspecified atom stereocenters. The summed E-state index contributed by atoms with van der Waals surface area (Å²) < 4.78 is 13.1. The van der Waals surface area contributed by atoms with E-state index < -0.39 is 47.7 Å². The van der Waals surface area contributed by atoms with Crippen molar-refractivity contribution in [2.45, 2.75) is 65.0 Å². The molecular weight excluding hydrogens is 616 g/mol. The molecular formula is C35H35N6O7-. The molecule has 0 bridgehead atoms. The lowest BCUT2D eigenvalue weighted by Crippen LogP contribution is -2.57. The van der Waals surface area contributed by atoms with Crippen LogP contribution in [0, 0.1) is 11.3 Å². The number of carboxylic acids is 1. The quantitative estimate of drug-likeness (QED) is 0.315. The Labute approximate surface area is 277 Å². The fourth-order valence-corrected chi connectivity index (χ4v) is 5.34. The number of hydrogen-bond acceptors (Lipinski definition) is 9. The standard InChI is InChI=1S/C35H36N6O7/c1-20(39(6)34(46)48-35(3,4)5)31(42)37-30-21(2)47-29-14-10-9-13-28(29)40(32(30)43)19-25-24-11-7-8-12-27(24)41(38-25)26-16-15-22(33(44)45)17-23(26)18-36/h7-17,20-21,30H,19H2,1-6H3,(H,37,42)(H,44,45)/p-1/t20-,21-,30-/m0/s1. The number of anilines is 1. The second-order valence-corrected chi connectivity index (χ2v) is 12.5. The van der Waals surface area contributed by atoms with E-state index in [1.54, 1.807) is 64.1 Å². The van der Waals surface area contributed by atoms with Gasteiger partial charge in [-0.25, -0.2) is 9.48 Å². The number of fused-ring (bicyclic) bond motifs is 2. The Balaban J connectivity index is 1.51. The molecule has 1 N–H and O–H groups in total. The highest BCUT2D eigenvalue weighted by atomic mass is 16.6. The Hall–Kier alpha value is -5.90. The van der Waals surface area contributed by atoms with E-state index in [9.17, 15) is 29.5 Å². The maximum atomic E-state index is 14.4. The molecule has 3 aromatic carbocycles. The summed E-state index contributed by atoms with van der Waals surface area (Å²) >= 11 is 0. The summed E-state index contributed by atoms with van der Waals surface area (Å²) in [6.45, 7) is 8.33. The average molecular weight is 652 g/mol. The van der Waals surface area contributed by atoms with Gasteiger partial charge in [-0.2, -0.15) is 10.4 Å². The third-order valence-corrected chi connectivity index (χ3v) is 7.96. The Morgan fingerprint density at radius 2 is 1.79 bits per heavy atom. The fraction of sp³-hybridized carbons (Fsp3) is 0.314. The van der Waals surface area contributed by atoms with Crippen molar-refractivity contribution in [3.63, 3.8) is 0 Å². The molecule has 3 atom stereocenters. The van der Waals surface area contributed by atoms with Crippen molar-refractivity contribution in [3.05, 3.63) is 83.6 Å². The van der Waals surface area contributed by atoms with E-state index >= 15 is 0 Å². The van der Waals surface area contributed by atoms with Gasteiger partial charge in [-0.3, -0.25) is 14.5 Å². The van der Waals surface area contributed by atoms with Crippen LogP contribution in [-0.4, -0.2) is 69.4 Å². The highest BCUT2D eigenvalue weighted by Crippen LogP contribution is 2.35. The number of carboxylic acid groups (broad SMARTS) is 1. The van der Waals surface area contributed by atoms with Gasteiger partial charge in [0.05, 0.1) is 40.7 Å². The molecule has 1 aliphatic heterocycles. The molecule has 5 rings (SSSR count). The van der Waals surface area contributed by atoms with Crippen molar-refractivity contribution in [2.75, 3.05) is 11.9 Å². The van der Waals surface area contributed by atoms with Gasteiger partial charge in [-0.15, -0.1) is 0 Å². The number of carbonyl (C=O) groups excluding carboxylic acids is 4. The maximum Gasteiger partial charge on any atom is 0.410 e. The van der Waals surface area contributed by atoms with Crippen LogP contribution in [0.1, 0.15) is 56.2 Å². The normalized spacial score (nSPS) is 16.6. The molecule has 4 aromatic rings. The van der Waals surface area contributed by atoms with Gasteiger partial charge in [0.15, 0.2) is 0 Å². The summed E-state index contributed by atoms with van der Waals surface area (Å²) in [5, 5.41) is 29.6. The third-order valence-electron chi connectivity index (χ3n) is 7.96. The van der Waals surface area contributed by atoms with Gasteiger partial charge in [0, 0.05) is 12.4 Å². The minimum absolute atomic E-state index is 0.0435. The van der Waals surface area contributed by atoms with Gasteiger partial charge < -0.3 is 29.6 Å². The molecule has 0 fully saturated rings. The molecule has 3 amide bonds. The molecule has 2 heterocycles. The van der Waals surface area contributed by atoms with E-state index in [4.69, 9.17) is 14.6 Å². The van der Waals surface area contributed by atoms with Crippen molar-refractivity contribution in [1.82, 2.24) is 20.0 Å². The first-order chi connectivity index (χ1) is 22.7. The number of ether oxygens (including phenoxy) is 2. The van der Waals surface area contributed by atoms with Crippen molar-refractivity contribution in [3.8, 4) is 17.5 Å². The van der Waals surface area contributed by atoms with Crippen LogP contribution in [0.2, 0.25) is 0 Å². The Bertz CT molecular complexity index is 1960. The van der Waals surface area contributed by atoms with Gasteiger partial charge in [-0.1, -0.05) is 36.4 Å². The molecule has 1 aromatic heterocycles. The summed E-state index contributed by atoms with van der Waals surface area (Å²) in [4.78, 5) is 54.6. The third kappa shape index (κ3) is 6.64. The van der Waals surface area contributed by atoms with Gasteiger partial charge >= 0.3 is 6.09 Å². The lowest BCUT2D eigenvalue weighted by Gasteiger charge is -2.30. The number of nitrogens with zero attached hydrogens (tertiary/aromatic N) is 5. The second-order valence-electron chi connectivity index (χ2n) is 12.5. The smallest absolute Gasteiger partial charge is 0.410 e. The van der Waals surface area contributed by atoms with Gasteiger partial charge in [0.2, 0.25) is 5.91 Å². The van der Waals surface area contributed by atoms with E-state index in [-0.39, 0.29) is 17.7 Å². The SMILES string of the molecule is C[C@@H]1Oc2ccccc2N(Cc2nn(-c3ccc(C(=O)[O-])cc3C#N)c3ccccc23)C(=O)[C@H]1NC(=O)[C@H](C)N(C)C(=O)OC(C)(C)C. The number of carbonyl (C=O) groups is 4. The first-order valence-corrected chi connectivity index (χ1v) is 15.3. The number of rotatable bonds is 7. The van der Waals surface area contributed by atoms with E-state index in [1.807, 2.05) is 18.2 Å². The minimum Gasteiger partial charge on any atom is -0.545 e. The number of aromatic carboxylic acids is 1. The number of amides is 3. The van der Waals surface area contributed by atoms with Gasteiger partial charge in [-0.05, 0) is 70.5 Å². The van der Waals surface area contributed by atoms with Crippen molar-refractivity contribution >= 4 is 40.5 Å². The van der Waals surface area contributed by atoms with E-state index in [0.29, 0.717) is 33.7 Å². The van der Waals surface area contributed by atoms with Gasteiger partial charge in [0.25, 0.3) is 5.91 Å². The topological polar surface area (TPSA) is 170 Å². The van der Waals surface area contributed by atoms with Crippen LogP contribution in [0.5, 0.6) is 5.75 Å². The molecule has 13 heteroatoms. The summed E-state index contributed by atoms with van der Waals surface area (Å²) in [7, 11) is 1.45. The number of para-hydroxylation sites is 3. The number of benzene rings is 3. The highest BCUT2D eigenvalue weighted by molar-refractivity contribution is 6.02. The number of likely N-dealkylation sites (N-methyl/N-ethyl adjacent to an activating group) is 1. The van der Waals surface area contributed by atoms with Crippen molar-refractivity contribution in [2.24, 2.45) is 0 Å². The fourth-order valence-electron chi connectivity index (χ4n) is 5.34. The second kappa shape index (κ2) is 13.1. The Kier molecular flexibility index (Phi) is 9.11. The summed E-state index contributed by atoms with van der Waals surface area (Å²) in [6.07, 6.45) is -1.48. The maximum absolute atomic E-state index is 14.4. The number of aromatic nitrogens is 2. The lowest BCUT2D eigenvalue weighted by molar-refractivity contribution is -0.255. The van der Waals surface area contributed by atoms with Crippen LogP contribution in [0.25, 0.3) is 16.6 Å². The van der Waals surface area contributed by atoms with Crippen LogP contribution in [0.4, 0.5) is 10.5 Å².